The SMILES string of the molecule is C[C@H](c1ccccc1)N1C[C@H](C(=O)OCc2nnc(-c3ccccc3)o2)CC1=O. The number of rotatable bonds is 6. The highest BCUT2D eigenvalue weighted by molar-refractivity contribution is 5.87. The van der Waals surface area contributed by atoms with Gasteiger partial charge in [0.25, 0.3) is 5.89 Å². The molecule has 7 nitrogen and oxygen atoms in total. The monoisotopic (exact) mass is 391 g/mol. The molecule has 7 heteroatoms. The van der Waals surface area contributed by atoms with Crippen LogP contribution in [0.5, 0.6) is 0 Å². The fourth-order valence-electron chi connectivity index (χ4n) is 3.44. The van der Waals surface area contributed by atoms with Crippen molar-refractivity contribution in [3.8, 4) is 11.5 Å². The van der Waals surface area contributed by atoms with Crippen molar-refractivity contribution >= 4 is 11.9 Å². The Kier molecular flexibility index (Phi) is 5.37. The quantitative estimate of drug-likeness (QED) is 0.599. The minimum absolute atomic E-state index is 0.0487. The third-order valence-corrected chi connectivity index (χ3v) is 5.07. The van der Waals surface area contributed by atoms with E-state index in [-0.39, 0.29) is 30.9 Å². The van der Waals surface area contributed by atoms with Crippen LogP contribution in [0.25, 0.3) is 11.5 Å². The molecule has 1 saturated heterocycles. The molecule has 1 aliphatic heterocycles. The first-order valence-corrected chi connectivity index (χ1v) is 9.50. The van der Waals surface area contributed by atoms with E-state index in [0.717, 1.165) is 11.1 Å². The Balaban J connectivity index is 1.34. The summed E-state index contributed by atoms with van der Waals surface area (Å²) in [6.45, 7) is 2.19. The van der Waals surface area contributed by atoms with Gasteiger partial charge in [-0.25, -0.2) is 0 Å². The lowest BCUT2D eigenvalue weighted by atomic mass is 10.1. The summed E-state index contributed by atoms with van der Waals surface area (Å²) >= 11 is 0. The van der Waals surface area contributed by atoms with Crippen LogP contribution < -0.4 is 0 Å². The maximum atomic E-state index is 12.5. The summed E-state index contributed by atoms with van der Waals surface area (Å²) in [6, 6.07) is 19.0. The van der Waals surface area contributed by atoms with Gasteiger partial charge in [0, 0.05) is 18.5 Å². The number of hydrogen-bond donors (Lipinski definition) is 0. The van der Waals surface area contributed by atoms with Crippen LogP contribution in [0, 0.1) is 5.92 Å². The lowest BCUT2D eigenvalue weighted by molar-refractivity contribution is -0.150. The van der Waals surface area contributed by atoms with Crippen LogP contribution >= 0.6 is 0 Å². The van der Waals surface area contributed by atoms with E-state index in [1.165, 1.54) is 0 Å². The van der Waals surface area contributed by atoms with E-state index < -0.39 is 11.9 Å². The van der Waals surface area contributed by atoms with Gasteiger partial charge >= 0.3 is 5.97 Å². The van der Waals surface area contributed by atoms with Crippen molar-refractivity contribution in [1.82, 2.24) is 15.1 Å². The second-order valence-electron chi connectivity index (χ2n) is 7.01. The summed E-state index contributed by atoms with van der Waals surface area (Å²) < 4.78 is 10.9. The smallest absolute Gasteiger partial charge is 0.311 e. The highest BCUT2D eigenvalue weighted by Gasteiger charge is 2.38. The summed E-state index contributed by atoms with van der Waals surface area (Å²) in [5.41, 5.74) is 1.83. The number of hydrogen-bond acceptors (Lipinski definition) is 6. The number of nitrogens with zero attached hydrogens (tertiary/aromatic N) is 3. The van der Waals surface area contributed by atoms with Gasteiger partial charge in [-0.05, 0) is 24.6 Å². The Hall–Kier alpha value is -3.48. The summed E-state index contributed by atoms with van der Waals surface area (Å²) in [7, 11) is 0. The number of aromatic nitrogens is 2. The van der Waals surface area contributed by atoms with Gasteiger partial charge in [0.1, 0.15) is 0 Å². The lowest BCUT2D eigenvalue weighted by Gasteiger charge is -2.25. The van der Waals surface area contributed by atoms with Crippen LogP contribution in [0.4, 0.5) is 0 Å². The molecule has 0 aliphatic carbocycles. The van der Waals surface area contributed by atoms with Gasteiger partial charge in [-0.3, -0.25) is 9.59 Å². The molecule has 1 fully saturated rings. The zero-order valence-electron chi connectivity index (χ0n) is 16.0. The molecular weight excluding hydrogens is 370 g/mol. The van der Waals surface area contributed by atoms with Crippen LogP contribution in [0.15, 0.2) is 65.1 Å². The average Bonchev–Trinajstić information content (AvgIpc) is 3.40. The number of benzene rings is 2. The van der Waals surface area contributed by atoms with Gasteiger partial charge in [-0.15, -0.1) is 10.2 Å². The number of likely N-dealkylation sites (tertiary alicyclic amines) is 1. The van der Waals surface area contributed by atoms with Crippen LogP contribution in [-0.4, -0.2) is 33.5 Å². The molecule has 1 amide bonds. The van der Waals surface area contributed by atoms with Gasteiger partial charge in [-0.1, -0.05) is 48.5 Å². The Morgan fingerprint density at radius 2 is 1.83 bits per heavy atom. The van der Waals surface area contributed by atoms with Crippen LogP contribution in [0.2, 0.25) is 0 Å². The summed E-state index contributed by atoms with van der Waals surface area (Å²) in [5.74, 6) is -0.384. The first-order valence-electron chi connectivity index (χ1n) is 9.50. The molecule has 29 heavy (non-hydrogen) atoms. The Labute approximate surface area is 168 Å². The van der Waals surface area contributed by atoms with Crippen LogP contribution in [0.1, 0.15) is 30.8 Å². The molecular formula is C22H21N3O4. The Morgan fingerprint density at radius 3 is 2.55 bits per heavy atom. The second-order valence-corrected chi connectivity index (χ2v) is 7.01. The molecule has 4 rings (SSSR count). The van der Waals surface area contributed by atoms with Crippen LogP contribution in [0.3, 0.4) is 0 Å². The molecule has 0 radical (unpaired) electrons. The third kappa shape index (κ3) is 4.18. The van der Waals surface area contributed by atoms with E-state index in [9.17, 15) is 9.59 Å². The minimum atomic E-state index is -0.495. The molecule has 0 bridgehead atoms. The van der Waals surface area contributed by atoms with Crippen molar-refractivity contribution in [2.24, 2.45) is 5.92 Å². The molecule has 2 aromatic carbocycles. The third-order valence-electron chi connectivity index (χ3n) is 5.07. The Bertz CT molecular complexity index is 988. The number of carbonyl (C=O) groups is 2. The molecule has 1 aliphatic rings. The predicted octanol–water partition coefficient (Wildman–Crippen LogP) is 3.39. The maximum Gasteiger partial charge on any atom is 0.311 e. The van der Waals surface area contributed by atoms with Gasteiger partial charge in [0.2, 0.25) is 11.8 Å². The van der Waals surface area contributed by atoms with Crippen molar-refractivity contribution < 1.29 is 18.7 Å². The summed E-state index contributed by atoms with van der Waals surface area (Å²) in [6.07, 6.45) is 0.148. The standard InChI is InChI=1S/C22H21N3O4/c1-15(16-8-4-2-5-9-16)25-13-18(12-20(25)26)22(27)28-14-19-23-24-21(29-19)17-10-6-3-7-11-17/h2-11,15,18H,12-14H2,1H3/t15-,18-/m1/s1. The normalized spacial score (nSPS) is 17.3. The first kappa shape index (κ1) is 18.9. The van der Waals surface area contributed by atoms with Crippen molar-refractivity contribution in [2.75, 3.05) is 6.54 Å². The first-order chi connectivity index (χ1) is 14.1. The fourth-order valence-corrected chi connectivity index (χ4v) is 3.44. The number of amides is 1. The van der Waals surface area contributed by atoms with Gasteiger partial charge in [0.05, 0.1) is 12.0 Å². The van der Waals surface area contributed by atoms with Crippen molar-refractivity contribution in [2.45, 2.75) is 26.0 Å². The minimum Gasteiger partial charge on any atom is -0.455 e. The lowest BCUT2D eigenvalue weighted by Crippen LogP contribution is -2.29. The average molecular weight is 391 g/mol. The number of carbonyl (C=O) groups excluding carboxylic acids is 2. The molecule has 0 spiro atoms. The van der Waals surface area contributed by atoms with E-state index in [0.29, 0.717) is 12.4 Å². The Morgan fingerprint density at radius 1 is 1.14 bits per heavy atom. The molecule has 0 N–H and O–H groups in total. The van der Waals surface area contributed by atoms with E-state index in [1.807, 2.05) is 67.6 Å². The molecule has 1 aromatic heterocycles. The number of esters is 1. The van der Waals surface area contributed by atoms with Crippen LogP contribution in [-0.2, 0) is 20.9 Å². The van der Waals surface area contributed by atoms with E-state index in [4.69, 9.17) is 9.15 Å². The largest absolute Gasteiger partial charge is 0.455 e. The highest BCUT2D eigenvalue weighted by Crippen LogP contribution is 2.29. The van der Waals surface area contributed by atoms with E-state index >= 15 is 0 Å². The highest BCUT2D eigenvalue weighted by atomic mass is 16.5. The molecule has 2 heterocycles. The fraction of sp³-hybridized carbons (Fsp3) is 0.273. The zero-order valence-corrected chi connectivity index (χ0v) is 16.0. The molecule has 3 aromatic rings. The molecule has 0 unspecified atom stereocenters. The van der Waals surface area contributed by atoms with Crippen molar-refractivity contribution in [3.05, 3.63) is 72.1 Å². The topological polar surface area (TPSA) is 85.5 Å². The van der Waals surface area contributed by atoms with Gasteiger partial charge < -0.3 is 14.1 Å². The molecule has 2 atom stereocenters. The second kappa shape index (κ2) is 8.26. The number of ether oxygens (including phenoxy) is 1. The van der Waals surface area contributed by atoms with Crippen molar-refractivity contribution in [1.29, 1.82) is 0 Å². The zero-order chi connectivity index (χ0) is 20.2. The molecule has 0 saturated carbocycles. The molecule has 148 valence electrons. The maximum absolute atomic E-state index is 12.5. The van der Waals surface area contributed by atoms with E-state index in [2.05, 4.69) is 10.2 Å². The predicted molar refractivity (Wildman–Crippen MR) is 104 cm³/mol. The summed E-state index contributed by atoms with van der Waals surface area (Å²) in [4.78, 5) is 26.6. The van der Waals surface area contributed by atoms with Gasteiger partial charge in [-0.2, -0.15) is 0 Å². The van der Waals surface area contributed by atoms with Crippen molar-refractivity contribution in [3.63, 3.8) is 0 Å². The van der Waals surface area contributed by atoms with E-state index in [1.54, 1.807) is 4.90 Å². The van der Waals surface area contributed by atoms with Gasteiger partial charge in [0.15, 0.2) is 6.61 Å². The summed E-state index contributed by atoms with van der Waals surface area (Å²) in [5, 5.41) is 7.89.